The van der Waals surface area contributed by atoms with E-state index in [1.165, 1.54) is 44.9 Å². The molecule has 0 aromatic carbocycles. The van der Waals surface area contributed by atoms with Crippen LogP contribution < -0.4 is 5.32 Å². The molecular formula is C14H27ClN2O. The fourth-order valence-electron chi connectivity index (χ4n) is 3.42. The molecular weight excluding hydrogens is 248 g/mol. The van der Waals surface area contributed by atoms with E-state index in [1.54, 1.807) is 0 Å². The van der Waals surface area contributed by atoms with Gasteiger partial charge >= 0.3 is 0 Å². The highest BCUT2D eigenvalue weighted by Gasteiger charge is 2.36. The smallest absolute Gasteiger partial charge is 0.223 e. The normalized spacial score (nSPS) is 22.6. The maximum absolute atomic E-state index is 11.9. The molecule has 3 nitrogen and oxygen atoms in total. The SMILES string of the molecule is CNCCC(=O)N1CCC2(CCCCC2)CC1.Cl. The number of carbonyl (C=O) groups is 1. The highest BCUT2D eigenvalue weighted by atomic mass is 35.5. The third-order valence-electron chi connectivity index (χ3n) is 4.68. The standard InChI is InChI=1S/C14H26N2O.ClH/c1-15-10-5-13(17)16-11-8-14(9-12-16)6-3-2-4-7-14;/h15H,2-12H2,1H3;1H. The van der Waals surface area contributed by atoms with Crippen LogP contribution in [0.1, 0.15) is 51.4 Å². The fraction of sp³-hybridized carbons (Fsp3) is 0.929. The van der Waals surface area contributed by atoms with Gasteiger partial charge in [0.25, 0.3) is 0 Å². The monoisotopic (exact) mass is 274 g/mol. The minimum Gasteiger partial charge on any atom is -0.343 e. The predicted octanol–water partition coefficient (Wildman–Crippen LogP) is 2.59. The van der Waals surface area contributed by atoms with Crippen LogP contribution in [-0.2, 0) is 4.79 Å². The molecule has 1 N–H and O–H groups in total. The Hall–Kier alpha value is -0.280. The summed E-state index contributed by atoms with van der Waals surface area (Å²) in [6, 6.07) is 0. The van der Waals surface area contributed by atoms with Crippen molar-refractivity contribution in [1.82, 2.24) is 10.2 Å². The zero-order valence-electron chi connectivity index (χ0n) is 11.5. The Kier molecular flexibility index (Phi) is 6.44. The van der Waals surface area contributed by atoms with E-state index in [2.05, 4.69) is 10.2 Å². The molecule has 2 fully saturated rings. The Morgan fingerprint density at radius 3 is 2.28 bits per heavy atom. The van der Waals surface area contributed by atoms with Crippen molar-refractivity contribution in [1.29, 1.82) is 0 Å². The second kappa shape index (κ2) is 7.34. The molecule has 0 bridgehead atoms. The van der Waals surface area contributed by atoms with Gasteiger partial charge in [-0.25, -0.2) is 0 Å². The van der Waals surface area contributed by atoms with Crippen LogP contribution in [0.4, 0.5) is 0 Å². The summed E-state index contributed by atoms with van der Waals surface area (Å²) in [7, 11) is 1.90. The average Bonchev–Trinajstić information content (AvgIpc) is 2.38. The first-order valence-corrected chi connectivity index (χ1v) is 7.18. The third-order valence-corrected chi connectivity index (χ3v) is 4.68. The number of piperidine rings is 1. The first kappa shape index (κ1) is 15.8. The van der Waals surface area contributed by atoms with E-state index in [9.17, 15) is 4.79 Å². The lowest BCUT2D eigenvalue weighted by Gasteiger charge is -2.44. The maximum atomic E-state index is 11.9. The number of rotatable bonds is 3. The van der Waals surface area contributed by atoms with Crippen LogP contribution >= 0.6 is 12.4 Å². The lowest BCUT2D eigenvalue weighted by Crippen LogP contribution is -2.44. The van der Waals surface area contributed by atoms with Crippen LogP contribution in [0.5, 0.6) is 0 Å². The highest BCUT2D eigenvalue weighted by Crippen LogP contribution is 2.44. The summed E-state index contributed by atoms with van der Waals surface area (Å²) in [5.74, 6) is 0.338. The van der Waals surface area contributed by atoms with Crippen LogP contribution in [0.25, 0.3) is 0 Å². The van der Waals surface area contributed by atoms with Crippen LogP contribution in [0.2, 0.25) is 0 Å². The second-order valence-electron chi connectivity index (χ2n) is 5.80. The van der Waals surface area contributed by atoms with Crippen LogP contribution in [-0.4, -0.2) is 37.5 Å². The maximum Gasteiger partial charge on any atom is 0.223 e. The van der Waals surface area contributed by atoms with Crippen LogP contribution in [0.3, 0.4) is 0 Å². The van der Waals surface area contributed by atoms with Crippen molar-refractivity contribution in [2.24, 2.45) is 5.41 Å². The molecule has 106 valence electrons. The van der Waals surface area contributed by atoms with E-state index in [4.69, 9.17) is 0 Å². The molecule has 0 radical (unpaired) electrons. The number of nitrogens with one attached hydrogen (secondary N) is 1. The molecule has 0 atom stereocenters. The van der Waals surface area contributed by atoms with Gasteiger partial charge in [-0.3, -0.25) is 4.79 Å². The summed E-state index contributed by atoms with van der Waals surface area (Å²) in [4.78, 5) is 14.0. The van der Waals surface area contributed by atoms with Gasteiger partial charge in [-0.15, -0.1) is 12.4 Å². The number of hydrogen-bond acceptors (Lipinski definition) is 2. The molecule has 1 aliphatic carbocycles. The largest absolute Gasteiger partial charge is 0.343 e. The number of nitrogens with zero attached hydrogens (tertiary/aromatic N) is 1. The van der Waals surface area contributed by atoms with Gasteiger partial charge in [0, 0.05) is 26.1 Å². The van der Waals surface area contributed by atoms with Gasteiger partial charge in [-0.05, 0) is 38.1 Å². The van der Waals surface area contributed by atoms with Gasteiger partial charge < -0.3 is 10.2 Å². The van der Waals surface area contributed by atoms with Crippen molar-refractivity contribution in [2.75, 3.05) is 26.7 Å². The van der Waals surface area contributed by atoms with Crippen LogP contribution in [0, 0.1) is 5.41 Å². The van der Waals surface area contributed by atoms with E-state index in [0.29, 0.717) is 17.7 Å². The number of likely N-dealkylation sites (tertiary alicyclic amines) is 1. The van der Waals surface area contributed by atoms with Crippen molar-refractivity contribution < 1.29 is 4.79 Å². The topological polar surface area (TPSA) is 32.3 Å². The van der Waals surface area contributed by atoms with Crippen molar-refractivity contribution >= 4 is 18.3 Å². The summed E-state index contributed by atoms with van der Waals surface area (Å²) in [6.07, 6.45) is 10.2. The minimum atomic E-state index is 0. The average molecular weight is 275 g/mol. The molecule has 1 saturated heterocycles. The summed E-state index contributed by atoms with van der Waals surface area (Å²) in [5, 5.41) is 3.05. The molecule has 2 aliphatic rings. The van der Waals surface area contributed by atoms with Gasteiger partial charge in [0.1, 0.15) is 0 Å². The van der Waals surface area contributed by atoms with E-state index < -0.39 is 0 Å². The quantitative estimate of drug-likeness (QED) is 0.858. The van der Waals surface area contributed by atoms with E-state index in [1.807, 2.05) is 7.05 Å². The molecule has 2 rings (SSSR count). The van der Waals surface area contributed by atoms with Crippen molar-refractivity contribution in [3.63, 3.8) is 0 Å². The molecule has 18 heavy (non-hydrogen) atoms. The molecule has 1 saturated carbocycles. The molecule has 4 heteroatoms. The first-order chi connectivity index (χ1) is 8.26. The molecule has 1 amide bonds. The zero-order chi connectivity index (χ0) is 12.1. The Labute approximate surface area is 117 Å². The van der Waals surface area contributed by atoms with Gasteiger partial charge in [0.2, 0.25) is 5.91 Å². The van der Waals surface area contributed by atoms with Crippen molar-refractivity contribution in [3.8, 4) is 0 Å². The molecule has 1 aliphatic heterocycles. The van der Waals surface area contributed by atoms with Gasteiger partial charge in [0.15, 0.2) is 0 Å². The minimum absolute atomic E-state index is 0. The number of carbonyl (C=O) groups excluding carboxylic acids is 1. The number of halogens is 1. The van der Waals surface area contributed by atoms with E-state index in [0.717, 1.165) is 19.6 Å². The molecule has 1 spiro atoms. The van der Waals surface area contributed by atoms with Gasteiger partial charge in [-0.1, -0.05) is 19.3 Å². The molecule has 0 unspecified atom stereocenters. The lowest BCUT2D eigenvalue weighted by molar-refractivity contribution is -0.133. The summed E-state index contributed by atoms with van der Waals surface area (Å²) in [5.41, 5.74) is 0.609. The summed E-state index contributed by atoms with van der Waals surface area (Å²) in [6.45, 7) is 2.81. The van der Waals surface area contributed by atoms with E-state index >= 15 is 0 Å². The molecule has 0 aromatic heterocycles. The van der Waals surface area contributed by atoms with Crippen molar-refractivity contribution in [3.05, 3.63) is 0 Å². The van der Waals surface area contributed by atoms with Crippen LogP contribution in [0.15, 0.2) is 0 Å². The molecule has 0 aromatic rings. The fourth-order valence-corrected chi connectivity index (χ4v) is 3.42. The summed E-state index contributed by atoms with van der Waals surface area (Å²) >= 11 is 0. The lowest BCUT2D eigenvalue weighted by atomic mass is 9.68. The zero-order valence-corrected chi connectivity index (χ0v) is 12.4. The number of hydrogen-bond donors (Lipinski definition) is 1. The first-order valence-electron chi connectivity index (χ1n) is 7.18. The van der Waals surface area contributed by atoms with Crippen molar-refractivity contribution in [2.45, 2.75) is 51.4 Å². The summed E-state index contributed by atoms with van der Waals surface area (Å²) < 4.78 is 0. The Bertz CT molecular complexity index is 255. The second-order valence-corrected chi connectivity index (χ2v) is 5.80. The Morgan fingerprint density at radius 2 is 1.72 bits per heavy atom. The van der Waals surface area contributed by atoms with Gasteiger partial charge in [-0.2, -0.15) is 0 Å². The third kappa shape index (κ3) is 3.86. The highest BCUT2D eigenvalue weighted by molar-refractivity contribution is 5.85. The van der Waals surface area contributed by atoms with E-state index in [-0.39, 0.29) is 12.4 Å². The van der Waals surface area contributed by atoms with Gasteiger partial charge in [0.05, 0.1) is 0 Å². The Balaban J connectivity index is 0.00000162. The predicted molar refractivity (Wildman–Crippen MR) is 77.1 cm³/mol. The molecule has 1 heterocycles. The Morgan fingerprint density at radius 1 is 1.11 bits per heavy atom. The number of amides is 1.